The lowest BCUT2D eigenvalue weighted by Gasteiger charge is -2.30. The van der Waals surface area contributed by atoms with Gasteiger partial charge in [0.15, 0.2) is 0 Å². The van der Waals surface area contributed by atoms with Crippen molar-refractivity contribution in [3.8, 4) is 5.69 Å². The van der Waals surface area contributed by atoms with Gasteiger partial charge < -0.3 is 5.32 Å². The lowest BCUT2D eigenvalue weighted by molar-refractivity contribution is -0.120. The second kappa shape index (κ2) is 8.64. The van der Waals surface area contributed by atoms with Crippen LogP contribution in [0.5, 0.6) is 0 Å². The number of benzene rings is 2. The molecule has 1 aliphatic heterocycles. The Morgan fingerprint density at radius 2 is 1.65 bits per heavy atom. The first-order chi connectivity index (χ1) is 14.8. The second-order valence-electron chi connectivity index (χ2n) is 7.90. The first-order valence-corrected chi connectivity index (χ1v) is 11.8. The Bertz CT molecular complexity index is 1160. The van der Waals surface area contributed by atoms with E-state index in [9.17, 15) is 13.2 Å². The average Bonchev–Trinajstić information content (AvgIpc) is 3.14. The Balaban J connectivity index is 1.42. The van der Waals surface area contributed by atoms with Gasteiger partial charge in [0, 0.05) is 25.1 Å². The zero-order valence-corrected chi connectivity index (χ0v) is 18.5. The highest BCUT2D eigenvalue weighted by Gasteiger charge is 2.32. The summed E-state index contributed by atoms with van der Waals surface area (Å²) in [6.45, 7) is 4.45. The Labute approximate surface area is 182 Å². The van der Waals surface area contributed by atoms with E-state index < -0.39 is 10.0 Å². The number of piperidine rings is 1. The van der Waals surface area contributed by atoms with Crippen LogP contribution in [0.1, 0.15) is 24.1 Å². The van der Waals surface area contributed by atoms with E-state index in [1.807, 2.05) is 50.2 Å². The number of amides is 1. The molecule has 2 heterocycles. The molecular formula is C23H26N4O3S. The Kier molecular flexibility index (Phi) is 5.93. The van der Waals surface area contributed by atoms with Crippen LogP contribution < -0.4 is 5.32 Å². The topological polar surface area (TPSA) is 84.3 Å². The van der Waals surface area contributed by atoms with Gasteiger partial charge >= 0.3 is 0 Å². The van der Waals surface area contributed by atoms with Crippen molar-refractivity contribution in [1.82, 2.24) is 14.1 Å². The maximum absolute atomic E-state index is 12.9. The molecule has 4 rings (SSSR count). The highest BCUT2D eigenvalue weighted by atomic mass is 32.2. The molecule has 1 aromatic heterocycles. The molecule has 0 saturated carbocycles. The fourth-order valence-corrected chi connectivity index (χ4v) is 5.27. The van der Waals surface area contributed by atoms with Gasteiger partial charge in [0.25, 0.3) is 0 Å². The quantitative estimate of drug-likeness (QED) is 0.661. The predicted octanol–water partition coefficient (Wildman–Crippen LogP) is 3.53. The number of hydrogen-bond acceptors (Lipinski definition) is 4. The van der Waals surface area contributed by atoms with Crippen LogP contribution in [-0.2, 0) is 14.8 Å². The van der Waals surface area contributed by atoms with Gasteiger partial charge in [-0.25, -0.2) is 13.1 Å². The number of rotatable bonds is 5. The third kappa shape index (κ3) is 4.55. The normalized spacial score (nSPS) is 15.7. The van der Waals surface area contributed by atoms with Gasteiger partial charge in [0.1, 0.15) is 5.82 Å². The minimum atomic E-state index is -3.54. The van der Waals surface area contributed by atoms with E-state index in [1.54, 1.807) is 28.9 Å². The average molecular weight is 439 g/mol. The second-order valence-corrected chi connectivity index (χ2v) is 9.84. The third-order valence-electron chi connectivity index (χ3n) is 5.57. The number of hydrogen-bond donors (Lipinski definition) is 1. The van der Waals surface area contributed by atoms with Crippen molar-refractivity contribution >= 4 is 21.7 Å². The van der Waals surface area contributed by atoms with Gasteiger partial charge in [-0.3, -0.25) is 4.79 Å². The highest BCUT2D eigenvalue weighted by Crippen LogP contribution is 2.26. The van der Waals surface area contributed by atoms with E-state index in [0.29, 0.717) is 36.6 Å². The van der Waals surface area contributed by atoms with E-state index in [2.05, 4.69) is 10.4 Å². The molecule has 0 aliphatic carbocycles. The van der Waals surface area contributed by atoms with Crippen molar-refractivity contribution < 1.29 is 13.2 Å². The van der Waals surface area contributed by atoms with Crippen LogP contribution >= 0.6 is 0 Å². The van der Waals surface area contributed by atoms with E-state index in [4.69, 9.17) is 0 Å². The maximum Gasteiger partial charge on any atom is 0.243 e. The van der Waals surface area contributed by atoms with Gasteiger partial charge in [-0.05, 0) is 51.0 Å². The molecule has 7 nitrogen and oxygen atoms in total. The van der Waals surface area contributed by atoms with Gasteiger partial charge in [-0.2, -0.15) is 9.40 Å². The summed E-state index contributed by atoms with van der Waals surface area (Å²) in [7, 11) is -3.54. The first kappa shape index (κ1) is 21.3. The van der Waals surface area contributed by atoms with E-state index in [0.717, 1.165) is 16.9 Å². The number of nitrogens with zero attached hydrogens (tertiary/aromatic N) is 3. The Morgan fingerprint density at radius 1 is 1.00 bits per heavy atom. The molecule has 8 heteroatoms. The molecule has 0 atom stereocenters. The smallest absolute Gasteiger partial charge is 0.243 e. The molecule has 0 unspecified atom stereocenters. The molecule has 2 aromatic carbocycles. The minimum Gasteiger partial charge on any atom is -0.310 e. The van der Waals surface area contributed by atoms with Crippen LogP contribution in [0.3, 0.4) is 0 Å². The summed E-state index contributed by atoms with van der Waals surface area (Å²) < 4.78 is 29.0. The van der Waals surface area contributed by atoms with Crippen molar-refractivity contribution in [1.29, 1.82) is 0 Å². The van der Waals surface area contributed by atoms with Crippen molar-refractivity contribution in [2.75, 3.05) is 18.4 Å². The van der Waals surface area contributed by atoms with E-state index >= 15 is 0 Å². The number of aromatic nitrogens is 2. The van der Waals surface area contributed by atoms with Crippen LogP contribution in [0.4, 0.5) is 5.82 Å². The largest absolute Gasteiger partial charge is 0.310 e. The molecule has 1 fully saturated rings. The zero-order valence-electron chi connectivity index (χ0n) is 17.7. The number of anilines is 1. The summed E-state index contributed by atoms with van der Waals surface area (Å²) in [5.74, 6) is 0.261. The summed E-state index contributed by atoms with van der Waals surface area (Å²) in [6, 6.07) is 18.3. The molecule has 31 heavy (non-hydrogen) atoms. The van der Waals surface area contributed by atoms with Gasteiger partial charge in [0.05, 0.1) is 16.3 Å². The van der Waals surface area contributed by atoms with Crippen molar-refractivity contribution in [2.24, 2.45) is 5.92 Å². The fourth-order valence-electron chi connectivity index (χ4n) is 3.80. The van der Waals surface area contributed by atoms with E-state index in [1.165, 1.54) is 4.31 Å². The molecule has 1 amide bonds. The molecule has 0 spiro atoms. The summed E-state index contributed by atoms with van der Waals surface area (Å²) in [4.78, 5) is 13.2. The predicted molar refractivity (Wildman–Crippen MR) is 120 cm³/mol. The lowest BCUT2D eigenvalue weighted by atomic mass is 9.97. The molecule has 0 bridgehead atoms. The summed E-state index contributed by atoms with van der Waals surface area (Å²) >= 11 is 0. The number of para-hydroxylation sites is 1. The Morgan fingerprint density at radius 3 is 2.29 bits per heavy atom. The maximum atomic E-state index is 12.9. The number of aryl methyl sites for hydroxylation is 2. The van der Waals surface area contributed by atoms with Crippen LogP contribution in [0.15, 0.2) is 65.6 Å². The van der Waals surface area contributed by atoms with Crippen LogP contribution in [0.2, 0.25) is 0 Å². The van der Waals surface area contributed by atoms with Crippen molar-refractivity contribution in [3.05, 3.63) is 71.9 Å². The zero-order chi connectivity index (χ0) is 22.0. The summed E-state index contributed by atoms with van der Waals surface area (Å²) in [6.07, 6.45) is 0.963. The molecular weight excluding hydrogens is 412 g/mol. The van der Waals surface area contributed by atoms with Crippen LogP contribution in [0.25, 0.3) is 5.69 Å². The highest BCUT2D eigenvalue weighted by molar-refractivity contribution is 7.89. The van der Waals surface area contributed by atoms with E-state index in [-0.39, 0.29) is 11.8 Å². The number of sulfonamides is 1. The van der Waals surface area contributed by atoms with Gasteiger partial charge in [-0.1, -0.05) is 35.9 Å². The molecule has 162 valence electrons. The third-order valence-corrected chi connectivity index (χ3v) is 7.48. The Hall–Kier alpha value is -2.97. The number of carbonyl (C=O) groups excluding carboxylic acids is 1. The molecule has 3 aromatic rings. The molecule has 0 radical (unpaired) electrons. The van der Waals surface area contributed by atoms with Crippen LogP contribution in [-0.4, -0.2) is 41.5 Å². The molecule has 1 aliphatic rings. The van der Waals surface area contributed by atoms with Gasteiger partial charge in [-0.15, -0.1) is 0 Å². The minimum absolute atomic E-state index is 0.107. The van der Waals surface area contributed by atoms with Gasteiger partial charge in [0.2, 0.25) is 15.9 Å². The van der Waals surface area contributed by atoms with Crippen molar-refractivity contribution in [2.45, 2.75) is 31.6 Å². The standard InChI is InChI=1S/C23H26N4O3S/c1-17-8-10-21(11-9-17)31(29,30)26-14-12-19(13-15-26)23(28)24-22-16-18(2)25-27(22)20-6-4-3-5-7-20/h3-11,16,19H,12-15H2,1-2H3,(H,24,28). The number of carbonyl (C=O) groups is 1. The first-order valence-electron chi connectivity index (χ1n) is 10.3. The fraction of sp³-hybridized carbons (Fsp3) is 0.304. The number of nitrogens with one attached hydrogen (secondary N) is 1. The van der Waals surface area contributed by atoms with Crippen LogP contribution in [0, 0.1) is 19.8 Å². The van der Waals surface area contributed by atoms with Crippen molar-refractivity contribution in [3.63, 3.8) is 0 Å². The molecule has 1 N–H and O–H groups in total. The lowest BCUT2D eigenvalue weighted by Crippen LogP contribution is -2.41. The monoisotopic (exact) mass is 438 g/mol. The summed E-state index contributed by atoms with van der Waals surface area (Å²) in [5.41, 5.74) is 2.68. The SMILES string of the molecule is Cc1ccc(S(=O)(=O)N2CCC(C(=O)Nc3cc(C)nn3-c3ccccc3)CC2)cc1. The summed E-state index contributed by atoms with van der Waals surface area (Å²) in [5, 5.41) is 7.46. The molecule has 1 saturated heterocycles.